The Bertz CT molecular complexity index is 1110. The summed E-state index contributed by atoms with van der Waals surface area (Å²) in [6.07, 6.45) is 65.7. The number of ether oxygens (including phenoxy) is 3. The second-order valence-electron chi connectivity index (χ2n) is 19.6. The minimum atomic E-state index is -0.776. The van der Waals surface area contributed by atoms with Crippen LogP contribution in [0.4, 0.5) is 0 Å². The van der Waals surface area contributed by atoms with E-state index < -0.39 is 6.10 Å². The smallest absolute Gasteiger partial charge is 0.306 e. The second-order valence-corrected chi connectivity index (χ2v) is 19.6. The Morgan fingerprint density at radius 2 is 0.561 bits per heavy atom. The molecule has 0 aliphatic carbocycles. The highest BCUT2D eigenvalue weighted by molar-refractivity contribution is 5.71. The van der Waals surface area contributed by atoms with Crippen molar-refractivity contribution in [3.8, 4) is 0 Å². The summed E-state index contributed by atoms with van der Waals surface area (Å²) in [6.45, 7) is 6.61. The SMILES string of the molecule is CCCC/C=C\CCCCCCCC(=O)OCC(COC(=O)CCCCCCCCCCCCCCCCCCCCC)OC(=O)CCCCCCCCC/C=C\C/C=C\CCCCCC. The molecule has 1 unspecified atom stereocenters. The van der Waals surface area contributed by atoms with E-state index in [0.29, 0.717) is 19.3 Å². The van der Waals surface area contributed by atoms with E-state index in [0.717, 1.165) is 77.0 Å². The first-order valence-corrected chi connectivity index (χ1v) is 29.0. The summed E-state index contributed by atoms with van der Waals surface area (Å²) in [4.78, 5) is 38.1. The molecule has 0 saturated carbocycles. The minimum Gasteiger partial charge on any atom is -0.462 e. The monoisotopic (exact) mass is 927 g/mol. The van der Waals surface area contributed by atoms with Crippen LogP contribution in [0.3, 0.4) is 0 Å². The number of carbonyl (C=O) groups excluding carboxylic acids is 3. The molecule has 0 spiro atoms. The van der Waals surface area contributed by atoms with Gasteiger partial charge in [0, 0.05) is 19.3 Å². The van der Waals surface area contributed by atoms with Crippen LogP contribution in [0.5, 0.6) is 0 Å². The molecule has 0 rings (SSSR count). The van der Waals surface area contributed by atoms with Gasteiger partial charge < -0.3 is 14.2 Å². The predicted octanol–water partition coefficient (Wildman–Crippen LogP) is 19.3. The molecule has 0 aliphatic rings. The first kappa shape index (κ1) is 63.6. The Labute approximate surface area is 410 Å². The molecule has 0 aromatic rings. The molecular weight excluding hydrogens is 817 g/mol. The molecule has 1 atom stereocenters. The normalized spacial score (nSPS) is 12.2. The van der Waals surface area contributed by atoms with Crippen LogP contribution in [0, 0.1) is 0 Å². The van der Waals surface area contributed by atoms with E-state index in [1.54, 1.807) is 0 Å². The predicted molar refractivity (Wildman–Crippen MR) is 284 cm³/mol. The summed E-state index contributed by atoms with van der Waals surface area (Å²) in [6, 6.07) is 0. The summed E-state index contributed by atoms with van der Waals surface area (Å²) in [5.74, 6) is -0.876. The molecule has 386 valence electrons. The van der Waals surface area contributed by atoms with E-state index in [2.05, 4.69) is 57.2 Å². The summed E-state index contributed by atoms with van der Waals surface area (Å²) in [7, 11) is 0. The van der Waals surface area contributed by atoms with Crippen molar-refractivity contribution < 1.29 is 28.6 Å². The fourth-order valence-electron chi connectivity index (χ4n) is 8.46. The van der Waals surface area contributed by atoms with Gasteiger partial charge in [-0.15, -0.1) is 0 Å². The third-order valence-corrected chi connectivity index (χ3v) is 12.9. The fraction of sp³-hybridized carbons (Fsp3) is 0.850. The number of unbranched alkanes of at least 4 members (excludes halogenated alkanes) is 36. The number of esters is 3. The van der Waals surface area contributed by atoms with Crippen LogP contribution < -0.4 is 0 Å². The Hall–Kier alpha value is -2.37. The van der Waals surface area contributed by atoms with Gasteiger partial charge in [-0.05, 0) is 70.6 Å². The molecule has 0 aliphatic heterocycles. The Morgan fingerprint density at radius 3 is 0.909 bits per heavy atom. The number of allylic oxidation sites excluding steroid dienone is 6. The number of hydrogen-bond acceptors (Lipinski definition) is 6. The van der Waals surface area contributed by atoms with Gasteiger partial charge in [-0.3, -0.25) is 14.4 Å². The van der Waals surface area contributed by atoms with Crippen LogP contribution in [0.2, 0.25) is 0 Å². The summed E-state index contributed by atoms with van der Waals surface area (Å²) >= 11 is 0. The minimum absolute atomic E-state index is 0.0745. The lowest BCUT2D eigenvalue weighted by Gasteiger charge is -2.18. The Kier molecular flexibility index (Phi) is 53.2. The van der Waals surface area contributed by atoms with Crippen molar-refractivity contribution >= 4 is 17.9 Å². The lowest BCUT2D eigenvalue weighted by Crippen LogP contribution is -2.30. The summed E-state index contributed by atoms with van der Waals surface area (Å²) in [5, 5.41) is 0. The van der Waals surface area contributed by atoms with Crippen molar-refractivity contribution in [3.63, 3.8) is 0 Å². The van der Waals surface area contributed by atoms with Gasteiger partial charge in [-0.25, -0.2) is 0 Å². The average molecular weight is 928 g/mol. The molecule has 0 fully saturated rings. The van der Waals surface area contributed by atoms with Gasteiger partial charge in [-0.1, -0.05) is 256 Å². The van der Waals surface area contributed by atoms with Gasteiger partial charge in [0.15, 0.2) is 6.10 Å². The first-order chi connectivity index (χ1) is 32.5. The zero-order chi connectivity index (χ0) is 47.9. The van der Waals surface area contributed by atoms with Crippen LogP contribution in [0.25, 0.3) is 0 Å². The van der Waals surface area contributed by atoms with Gasteiger partial charge in [-0.2, -0.15) is 0 Å². The zero-order valence-corrected chi connectivity index (χ0v) is 44.2. The maximum atomic E-state index is 12.8. The molecule has 0 aromatic carbocycles. The van der Waals surface area contributed by atoms with E-state index in [-0.39, 0.29) is 31.1 Å². The van der Waals surface area contributed by atoms with Crippen molar-refractivity contribution in [2.45, 2.75) is 316 Å². The van der Waals surface area contributed by atoms with Gasteiger partial charge in [0.05, 0.1) is 0 Å². The maximum absolute atomic E-state index is 12.8. The summed E-state index contributed by atoms with van der Waals surface area (Å²) in [5.41, 5.74) is 0. The molecule has 0 radical (unpaired) electrons. The highest BCUT2D eigenvalue weighted by Gasteiger charge is 2.19. The van der Waals surface area contributed by atoms with Gasteiger partial charge >= 0.3 is 17.9 Å². The third-order valence-electron chi connectivity index (χ3n) is 12.9. The molecule has 0 amide bonds. The van der Waals surface area contributed by atoms with E-state index in [4.69, 9.17) is 14.2 Å². The molecule has 0 aromatic heterocycles. The standard InChI is InChI=1S/C60H110O6/c1-4-7-10-13-16-19-22-24-26-28-30-32-33-35-38-41-44-47-50-53-59(62)65-56-57(55-64-58(61)52-49-46-43-40-37-21-18-15-12-9-6-3)66-60(63)54-51-48-45-42-39-36-34-31-29-27-25-23-20-17-14-11-8-5-2/h15,18,20,23,27,29,57H,4-14,16-17,19,21-22,24-26,28,30-56H2,1-3H3/b18-15-,23-20-,29-27-. The van der Waals surface area contributed by atoms with Crippen molar-refractivity contribution in [1.82, 2.24) is 0 Å². The highest BCUT2D eigenvalue weighted by Crippen LogP contribution is 2.17. The second kappa shape index (κ2) is 55.2. The largest absolute Gasteiger partial charge is 0.462 e. The van der Waals surface area contributed by atoms with E-state index in [9.17, 15) is 14.4 Å². The van der Waals surface area contributed by atoms with Crippen LogP contribution in [0.1, 0.15) is 310 Å². The Morgan fingerprint density at radius 1 is 0.303 bits per heavy atom. The van der Waals surface area contributed by atoms with Crippen molar-refractivity contribution in [2.24, 2.45) is 0 Å². The van der Waals surface area contributed by atoms with Gasteiger partial charge in [0.2, 0.25) is 0 Å². The maximum Gasteiger partial charge on any atom is 0.306 e. The Balaban J connectivity index is 4.30. The van der Waals surface area contributed by atoms with Crippen molar-refractivity contribution in [1.29, 1.82) is 0 Å². The van der Waals surface area contributed by atoms with Crippen LogP contribution in [-0.4, -0.2) is 37.2 Å². The molecule has 66 heavy (non-hydrogen) atoms. The molecular formula is C60H110O6. The zero-order valence-electron chi connectivity index (χ0n) is 44.2. The van der Waals surface area contributed by atoms with Gasteiger partial charge in [0.25, 0.3) is 0 Å². The number of hydrogen-bond donors (Lipinski definition) is 0. The highest BCUT2D eigenvalue weighted by atomic mass is 16.6. The quantitative estimate of drug-likeness (QED) is 0.0262. The van der Waals surface area contributed by atoms with Gasteiger partial charge in [0.1, 0.15) is 13.2 Å². The number of rotatable bonds is 53. The van der Waals surface area contributed by atoms with Crippen molar-refractivity contribution in [2.75, 3.05) is 13.2 Å². The third kappa shape index (κ3) is 52.6. The molecule has 0 heterocycles. The molecule has 6 heteroatoms. The lowest BCUT2D eigenvalue weighted by atomic mass is 10.0. The molecule has 0 N–H and O–H groups in total. The molecule has 6 nitrogen and oxygen atoms in total. The van der Waals surface area contributed by atoms with E-state index in [1.165, 1.54) is 193 Å². The fourth-order valence-corrected chi connectivity index (χ4v) is 8.46. The summed E-state index contributed by atoms with van der Waals surface area (Å²) < 4.78 is 16.9. The first-order valence-electron chi connectivity index (χ1n) is 29.0. The lowest BCUT2D eigenvalue weighted by molar-refractivity contribution is -0.167. The molecule has 0 bridgehead atoms. The van der Waals surface area contributed by atoms with Crippen LogP contribution >= 0.6 is 0 Å². The average Bonchev–Trinajstić information content (AvgIpc) is 3.31. The van der Waals surface area contributed by atoms with Crippen molar-refractivity contribution in [3.05, 3.63) is 36.5 Å². The van der Waals surface area contributed by atoms with Crippen LogP contribution in [0.15, 0.2) is 36.5 Å². The van der Waals surface area contributed by atoms with E-state index in [1.807, 2.05) is 0 Å². The molecule has 0 saturated heterocycles. The number of carbonyl (C=O) groups is 3. The topological polar surface area (TPSA) is 78.9 Å². The van der Waals surface area contributed by atoms with Crippen LogP contribution in [-0.2, 0) is 28.6 Å². The van der Waals surface area contributed by atoms with E-state index >= 15 is 0 Å².